The van der Waals surface area contributed by atoms with Crippen LogP contribution in [0.1, 0.15) is 25.1 Å². The smallest absolute Gasteiger partial charge is 0.225 e. The number of aromatic nitrogens is 4. The van der Waals surface area contributed by atoms with Crippen molar-refractivity contribution in [2.24, 2.45) is 0 Å². The van der Waals surface area contributed by atoms with Gasteiger partial charge in [-0.05, 0) is 13.8 Å². The van der Waals surface area contributed by atoms with Crippen molar-refractivity contribution in [3.8, 4) is 5.88 Å². The second-order valence-electron chi connectivity index (χ2n) is 6.58. The summed E-state index contributed by atoms with van der Waals surface area (Å²) in [5.74, 6) is 3.05. The molecular formula is C17H25N7O. The summed E-state index contributed by atoms with van der Waals surface area (Å²) in [7, 11) is 5.63. The molecule has 0 fully saturated rings. The monoisotopic (exact) mass is 343 g/mol. The molecule has 2 aromatic rings. The maximum absolute atomic E-state index is 5.21. The first kappa shape index (κ1) is 17.2. The van der Waals surface area contributed by atoms with E-state index in [1.807, 2.05) is 25.1 Å². The van der Waals surface area contributed by atoms with Gasteiger partial charge in [0.1, 0.15) is 18.0 Å². The van der Waals surface area contributed by atoms with Crippen LogP contribution < -0.4 is 19.9 Å². The number of anilines is 3. The highest BCUT2D eigenvalue weighted by Crippen LogP contribution is 2.29. The predicted octanol–water partition coefficient (Wildman–Crippen LogP) is 1.72. The summed E-state index contributed by atoms with van der Waals surface area (Å²) >= 11 is 0. The van der Waals surface area contributed by atoms with E-state index in [0.717, 1.165) is 35.9 Å². The van der Waals surface area contributed by atoms with E-state index < -0.39 is 0 Å². The van der Waals surface area contributed by atoms with Gasteiger partial charge in [0.2, 0.25) is 11.8 Å². The van der Waals surface area contributed by atoms with E-state index in [0.29, 0.717) is 24.4 Å². The van der Waals surface area contributed by atoms with Gasteiger partial charge in [-0.3, -0.25) is 0 Å². The number of ether oxygens (including phenoxy) is 1. The van der Waals surface area contributed by atoms with E-state index in [4.69, 9.17) is 14.7 Å². The second-order valence-corrected chi connectivity index (χ2v) is 6.58. The first-order chi connectivity index (χ1) is 12.0. The number of rotatable bonds is 5. The van der Waals surface area contributed by atoms with Crippen LogP contribution in [0.25, 0.3) is 0 Å². The summed E-state index contributed by atoms with van der Waals surface area (Å²) in [5, 5.41) is 3.31. The van der Waals surface area contributed by atoms with E-state index in [9.17, 15) is 0 Å². The molecule has 0 radical (unpaired) electrons. The third-order valence-corrected chi connectivity index (χ3v) is 4.04. The Kier molecular flexibility index (Phi) is 4.87. The van der Waals surface area contributed by atoms with E-state index >= 15 is 0 Å². The summed E-state index contributed by atoms with van der Waals surface area (Å²) in [5.41, 5.74) is 2.24. The van der Waals surface area contributed by atoms with Gasteiger partial charge in [0.15, 0.2) is 0 Å². The van der Waals surface area contributed by atoms with Gasteiger partial charge < -0.3 is 19.9 Å². The van der Waals surface area contributed by atoms with Crippen LogP contribution >= 0.6 is 0 Å². The molecule has 1 aliphatic rings. The second kappa shape index (κ2) is 7.08. The molecule has 8 nitrogen and oxygen atoms in total. The Bertz CT molecular complexity index is 748. The molecule has 0 amide bonds. The van der Waals surface area contributed by atoms with E-state index in [1.54, 1.807) is 7.11 Å². The van der Waals surface area contributed by atoms with E-state index in [2.05, 4.69) is 34.0 Å². The summed E-state index contributed by atoms with van der Waals surface area (Å²) in [4.78, 5) is 22.1. The van der Waals surface area contributed by atoms with Crippen molar-refractivity contribution < 1.29 is 4.74 Å². The highest BCUT2D eigenvalue weighted by Gasteiger charge is 2.24. The van der Waals surface area contributed by atoms with E-state index in [1.165, 1.54) is 6.33 Å². The number of methoxy groups -OCH3 is 1. The molecule has 8 heteroatoms. The van der Waals surface area contributed by atoms with Gasteiger partial charge in [-0.1, -0.05) is 0 Å². The minimum absolute atomic E-state index is 0.293. The van der Waals surface area contributed by atoms with Crippen molar-refractivity contribution in [1.82, 2.24) is 19.9 Å². The molecule has 0 saturated heterocycles. The number of fused-ring (bicyclic) bond motifs is 1. The number of hydrogen-bond acceptors (Lipinski definition) is 8. The lowest BCUT2D eigenvalue weighted by molar-refractivity contribution is 0.396. The molecule has 2 aromatic heterocycles. The maximum Gasteiger partial charge on any atom is 0.225 e. The molecule has 134 valence electrons. The molecular weight excluding hydrogens is 318 g/mol. The lowest BCUT2D eigenvalue weighted by Gasteiger charge is -2.31. The lowest BCUT2D eigenvalue weighted by atomic mass is 10.1. The summed E-state index contributed by atoms with van der Waals surface area (Å²) < 4.78 is 5.21. The molecule has 1 N–H and O–H groups in total. The van der Waals surface area contributed by atoms with Crippen molar-refractivity contribution in [2.45, 2.75) is 32.9 Å². The fourth-order valence-corrected chi connectivity index (χ4v) is 2.90. The minimum atomic E-state index is 0.293. The Balaban J connectivity index is 1.93. The standard InChI is InChI=1S/C17H25N7O/c1-11(2)20-17-21-13-6-7-24(9-12(13)16(22-17)23(3)4)14-8-15(25-5)19-10-18-14/h8,10-11H,6-7,9H2,1-5H3,(H,20,21,22). The fraction of sp³-hybridized carbons (Fsp3) is 0.529. The predicted molar refractivity (Wildman–Crippen MR) is 98.5 cm³/mol. The molecule has 0 atom stereocenters. The quantitative estimate of drug-likeness (QED) is 0.879. The van der Waals surface area contributed by atoms with Crippen molar-refractivity contribution in [3.05, 3.63) is 23.7 Å². The first-order valence-corrected chi connectivity index (χ1v) is 8.42. The lowest BCUT2D eigenvalue weighted by Crippen LogP contribution is -2.34. The van der Waals surface area contributed by atoms with Crippen LogP contribution in [0.4, 0.5) is 17.6 Å². The van der Waals surface area contributed by atoms with Crippen LogP contribution in [0, 0.1) is 0 Å². The molecule has 0 bridgehead atoms. The van der Waals surface area contributed by atoms with E-state index in [-0.39, 0.29) is 0 Å². The zero-order chi connectivity index (χ0) is 18.0. The Morgan fingerprint density at radius 1 is 1.24 bits per heavy atom. The average molecular weight is 343 g/mol. The van der Waals surface area contributed by atoms with Gasteiger partial charge in [0.05, 0.1) is 12.8 Å². The van der Waals surface area contributed by atoms with Gasteiger partial charge in [-0.15, -0.1) is 0 Å². The molecule has 0 spiro atoms. The zero-order valence-corrected chi connectivity index (χ0v) is 15.4. The number of nitrogens with one attached hydrogen (secondary N) is 1. The highest BCUT2D eigenvalue weighted by molar-refractivity contribution is 5.56. The molecule has 25 heavy (non-hydrogen) atoms. The zero-order valence-electron chi connectivity index (χ0n) is 15.4. The van der Waals surface area contributed by atoms with Crippen molar-refractivity contribution in [3.63, 3.8) is 0 Å². The summed E-state index contributed by atoms with van der Waals surface area (Å²) in [6, 6.07) is 2.15. The van der Waals surface area contributed by atoms with Gasteiger partial charge >= 0.3 is 0 Å². The third-order valence-electron chi connectivity index (χ3n) is 4.04. The van der Waals surface area contributed by atoms with Gasteiger partial charge in [0.25, 0.3) is 0 Å². The highest BCUT2D eigenvalue weighted by atomic mass is 16.5. The Morgan fingerprint density at radius 2 is 2.04 bits per heavy atom. The largest absolute Gasteiger partial charge is 0.481 e. The molecule has 3 rings (SSSR count). The Morgan fingerprint density at radius 3 is 2.72 bits per heavy atom. The maximum atomic E-state index is 5.21. The van der Waals surface area contributed by atoms with Gasteiger partial charge in [-0.25, -0.2) is 15.0 Å². The average Bonchev–Trinajstić information content (AvgIpc) is 2.60. The SMILES string of the molecule is COc1cc(N2CCc3nc(NC(C)C)nc(N(C)C)c3C2)ncn1. The number of nitrogens with zero attached hydrogens (tertiary/aromatic N) is 6. The number of hydrogen-bond donors (Lipinski definition) is 1. The van der Waals surface area contributed by atoms with Crippen molar-refractivity contribution in [1.29, 1.82) is 0 Å². The van der Waals surface area contributed by atoms with Crippen molar-refractivity contribution in [2.75, 3.05) is 42.9 Å². The van der Waals surface area contributed by atoms with Crippen LogP contribution in [-0.2, 0) is 13.0 Å². The Hall–Kier alpha value is -2.64. The molecule has 1 aliphatic heterocycles. The normalized spacial score (nSPS) is 13.6. The topological polar surface area (TPSA) is 79.3 Å². The molecule has 0 aromatic carbocycles. The van der Waals surface area contributed by atoms with Gasteiger partial charge in [0, 0.05) is 51.3 Å². The minimum Gasteiger partial charge on any atom is -0.481 e. The summed E-state index contributed by atoms with van der Waals surface area (Å²) in [6.07, 6.45) is 2.38. The molecule has 0 unspecified atom stereocenters. The van der Waals surface area contributed by atoms with Crippen molar-refractivity contribution >= 4 is 17.6 Å². The van der Waals surface area contributed by atoms with Crippen LogP contribution in [0.5, 0.6) is 5.88 Å². The first-order valence-electron chi connectivity index (χ1n) is 8.42. The fourth-order valence-electron chi connectivity index (χ4n) is 2.90. The summed E-state index contributed by atoms with van der Waals surface area (Å²) in [6.45, 7) is 5.73. The van der Waals surface area contributed by atoms with Crippen LogP contribution in [0.15, 0.2) is 12.4 Å². The van der Waals surface area contributed by atoms with Crippen LogP contribution in [0.2, 0.25) is 0 Å². The third kappa shape index (κ3) is 3.72. The molecule has 3 heterocycles. The van der Waals surface area contributed by atoms with Crippen LogP contribution in [0.3, 0.4) is 0 Å². The van der Waals surface area contributed by atoms with Crippen LogP contribution in [-0.4, -0.2) is 53.7 Å². The Labute approximate surface area is 148 Å². The van der Waals surface area contributed by atoms with Gasteiger partial charge in [-0.2, -0.15) is 4.98 Å². The molecule has 0 saturated carbocycles. The molecule has 0 aliphatic carbocycles.